The molecule has 0 N–H and O–H groups in total. The van der Waals surface area contributed by atoms with Crippen LogP contribution in [-0.2, 0) is 5.41 Å². The van der Waals surface area contributed by atoms with E-state index in [-0.39, 0.29) is 0 Å². The molecule has 1 aromatic rings. The molecule has 12 heavy (non-hydrogen) atoms. The molecule has 1 nitrogen and oxygen atoms in total. The van der Waals surface area contributed by atoms with Gasteiger partial charge in [0.05, 0.1) is 5.69 Å². The molecule has 0 bridgehead atoms. The molecule has 1 aromatic carbocycles. The zero-order valence-corrected chi connectivity index (χ0v) is 8.13. The second-order valence-electron chi connectivity index (χ2n) is 3.58. The molecule has 1 spiro atoms. The summed E-state index contributed by atoms with van der Waals surface area (Å²) in [5, 5.41) is 0. The number of aliphatic imine (C=N–C) groups is 1. The van der Waals surface area contributed by atoms with Crippen molar-refractivity contribution in [1.29, 1.82) is 0 Å². The standard InChI is InChI=1S/C10H8BrN/c11-7-1-2-9-8(5-7)10(3-4-10)6-12-9/h1-2,5-6H,3-4H2. The SMILES string of the molecule is Brc1ccc2c(c1)C1(C=N2)CC1. The van der Waals surface area contributed by atoms with Crippen LogP contribution in [-0.4, -0.2) is 6.21 Å². The van der Waals surface area contributed by atoms with Crippen LogP contribution in [0.3, 0.4) is 0 Å². The Morgan fingerprint density at radius 2 is 2.17 bits per heavy atom. The highest BCUT2D eigenvalue weighted by Crippen LogP contribution is 2.53. The van der Waals surface area contributed by atoms with E-state index in [1.807, 2.05) is 0 Å². The molecule has 0 amide bonds. The minimum Gasteiger partial charge on any atom is -0.260 e. The highest BCUT2D eigenvalue weighted by molar-refractivity contribution is 9.10. The summed E-state index contributed by atoms with van der Waals surface area (Å²) >= 11 is 3.49. The molecular weight excluding hydrogens is 214 g/mol. The fraction of sp³-hybridized carbons (Fsp3) is 0.300. The third kappa shape index (κ3) is 0.761. The Hall–Kier alpha value is -0.630. The van der Waals surface area contributed by atoms with Gasteiger partial charge >= 0.3 is 0 Å². The molecule has 0 atom stereocenters. The summed E-state index contributed by atoms with van der Waals surface area (Å²) in [4.78, 5) is 4.41. The minimum absolute atomic E-state index is 0.346. The van der Waals surface area contributed by atoms with E-state index in [1.165, 1.54) is 18.4 Å². The molecule has 0 unspecified atom stereocenters. The summed E-state index contributed by atoms with van der Waals surface area (Å²) in [6.07, 6.45) is 4.67. The number of hydrogen-bond donors (Lipinski definition) is 0. The van der Waals surface area contributed by atoms with Gasteiger partial charge in [-0.2, -0.15) is 0 Å². The lowest BCUT2D eigenvalue weighted by Gasteiger charge is -2.04. The van der Waals surface area contributed by atoms with E-state index in [1.54, 1.807) is 0 Å². The molecule has 1 aliphatic carbocycles. The van der Waals surface area contributed by atoms with E-state index in [2.05, 4.69) is 45.3 Å². The Kier molecular flexibility index (Phi) is 1.14. The van der Waals surface area contributed by atoms with Gasteiger partial charge in [0.2, 0.25) is 0 Å². The maximum atomic E-state index is 4.41. The highest BCUT2D eigenvalue weighted by Gasteiger charge is 2.46. The Morgan fingerprint density at radius 1 is 1.33 bits per heavy atom. The van der Waals surface area contributed by atoms with Crippen LogP contribution >= 0.6 is 15.9 Å². The zero-order valence-electron chi connectivity index (χ0n) is 6.55. The van der Waals surface area contributed by atoms with Crippen molar-refractivity contribution in [3.05, 3.63) is 28.2 Å². The van der Waals surface area contributed by atoms with E-state index in [4.69, 9.17) is 0 Å². The Labute approximate surface area is 79.6 Å². The normalized spacial score (nSPS) is 21.4. The van der Waals surface area contributed by atoms with Gasteiger partial charge in [0.15, 0.2) is 0 Å². The second-order valence-corrected chi connectivity index (χ2v) is 4.49. The first-order valence-electron chi connectivity index (χ1n) is 4.15. The molecule has 1 aliphatic heterocycles. The predicted molar refractivity (Wildman–Crippen MR) is 53.2 cm³/mol. The maximum absolute atomic E-state index is 4.41. The highest BCUT2D eigenvalue weighted by atomic mass is 79.9. The van der Waals surface area contributed by atoms with Crippen molar-refractivity contribution in [1.82, 2.24) is 0 Å². The van der Waals surface area contributed by atoms with Crippen LogP contribution < -0.4 is 0 Å². The fourth-order valence-electron chi connectivity index (χ4n) is 1.82. The average molecular weight is 222 g/mol. The topological polar surface area (TPSA) is 12.4 Å². The van der Waals surface area contributed by atoms with Gasteiger partial charge in [0, 0.05) is 16.1 Å². The Bertz CT molecular complexity index is 377. The summed E-state index contributed by atoms with van der Waals surface area (Å²) < 4.78 is 1.16. The quantitative estimate of drug-likeness (QED) is 0.639. The Morgan fingerprint density at radius 3 is 2.92 bits per heavy atom. The van der Waals surface area contributed by atoms with Crippen LogP contribution in [0.25, 0.3) is 0 Å². The third-order valence-corrected chi connectivity index (χ3v) is 3.23. The molecule has 2 aliphatic rings. The van der Waals surface area contributed by atoms with E-state index < -0.39 is 0 Å². The van der Waals surface area contributed by atoms with Gasteiger partial charge in [-0.25, -0.2) is 0 Å². The van der Waals surface area contributed by atoms with Crippen molar-refractivity contribution in [2.45, 2.75) is 18.3 Å². The van der Waals surface area contributed by atoms with Gasteiger partial charge in [-0.3, -0.25) is 4.99 Å². The molecule has 0 saturated heterocycles. The number of halogens is 1. The maximum Gasteiger partial charge on any atom is 0.0668 e. The van der Waals surface area contributed by atoms with E-state index in [9.17, 15) is 0 Å². The van der Waals surface area contributed by atoms with Crippen LogP contribution in [0.4, 0.5) is 5.69 Å². The van der Waals surface area contributed by atoms with Gasteiger partial charge in [-0.1, -0.05) is 15.9 Å². The second kappa shape index (κ2) is 1.99. The van der Waals surface area contributed by atoms with Crippen LogP contribution in [0, 0.1) is 0 Å². The summed E-state index contributed by atoms with van der Waals surface area (Å²) in [6, 6.07) is 6.34. The van der Waals surface area contributed by atoms with E-state index in [0.717, 1.165) is 10.2 Å². The van der Waals surface area contributed by atoms with Gasteiger partial charge in [0.1, 0.15) is 0 Å². The summed E-state index contributed by atoms with van der Waals surface area (Å²) in [5.74, 6) is 0. The Balaban J connectivity index is 2.25. The summed E-state index contributed by atoms with van der Waals surface area (Å²) in [6.45, 7) is 0. The van der Waals surface area contributed by atoms with Gasteiger partial charge < -0.3 is 0 Å². The molecule has 2 heteroatoms. The van der Waals surface area contributed by atoms with E-state index >= 15 is 0 Å². The van der Waals surface area contributed by atoms with Crippen molar-refractivity contribution < 1.29 is 0 Å². The number of nitrogens with zero attached hydrogens (tertiary/aromatic N) is 1. The van der Waals surface area contributed by atoms with Crippen LogP contribution in [0.5, 0.6) is 0 Å². The molecule has 3 rings (SSSR count). The van der Waals surface area contributed by atoms with Crippen LogP contribution in [0.1, 0.15) is 18.4 Å². The summed E-state index contributed by atoms with van der Waals surface area (Å²) in [7, 11) is 0. The number of hydrogen-bond acceptors (Lipinski definition) is 1. The molecule has 1 heterocycles. The molecular formula is C10H8BrN. The fourth-order valence-corrected chi connectivity index (χ4v) is 2.18. The van der Waals surface area contributed by atoms with E-state index in [0.29, 0.717) is 5.41 Å². The lowest BCUT2D eigenvalue weighted by molar-refractivity contribution is 1.00. The molecule has 0 aromatic heterocycles. The average Bonchev–Trinajstić information content (AvgIpc) is 2.74. The first kappa shape index (κ1) is 6.84. The van der Waals surface area contributed by atoms with Gasteiger partial charge in [-0.15, -0.1) is 0 Å². The first-order valence-corrected chi connectivity index (χ1v) is 4.95. The third-order valence-electron chi connectivity index (χ3n) is 2.73. The van der Waals surface area contributed by atoms with Crippen LogP contribution in [0.2, 0.25) is 0 Å². The van der Waals surface area contributed by atoms with Crippen molar-refractivity contribution in [2.75, 3.05) is 0 Å². The number of rotatable bonds is 0. The number of fused-ring (bicyclic) bond motifs is 2. The van der Waals surface area contributed by atoms with Crippen molar-refractivity contribution >= 4 is 27.8 Å². The van der Waals surface area contributed by atoms with Crippen LogP contribution in [0.15, 0.2) is 27.7 Å². The van der Waals surface area contributed by atoms with Gasteiger partial charge in [-0.05, 0) is 36.6 Å². The lowest BCUT2D eigenvalue weighted by Crippen LogP contribution is -2.02. The smallest absolute Gasteiger partial charge is 0.0668 e. The zero-order chi connectivity index (χ0) is 8.18. The molecule has 1 fully saturated rings. The molecule has 1 saturated carbocycles. The molecule has 60 valence electrons. The lowest BCUT2D eigenvalue weighted by atomic mass is 9.99. The van der Waals surface area contributed by atoms with Crippen molar-refractivity contribution in [2.24, 2.45) is 4.99 Å². The minimum atomic E-state index is 0.346. The predicted octanol–water partition coefficient (Wildman–Crippen LogP) is 3.20. The number of benzene rings is 1. The molecule has 0 radical (unpaired) electrons. The summed E-state index contributed by atoms with van der Waals surface area (Å²) in [5.41, 5.74) is 2.92. The first-order chi connectivity index (χ1) is 5.80. The monoisotopic (exact) mass is 221 g/mol. The van der Waals surface area contributed by atoms with Gasteiger partial charge in [0.25, 0.3) is 0 Å². The largest absolute Gasteiger partial charge is 0.260 e. The van der Waals surface area contributed by atoms with Crippen molar-refractivity contribution in [3.63, 3.8) is 0 Å². The van der Waals surface area contributed by atoms with Crippen molar-refractivity contribution in [3.8, 4) is 0 Å².